The van der Waals surface area contributed by atoms with E-state index in [1.165, 1.54) is 0 Å². The molecular weight excluding hydrogens is 251 g/mol. The van der Waals surface area contributed by atoms with Gasteiger partial charge in [-0.3, -0.25) is 0 Å². The molecule has 8 heteroatoms. The fourth-order valence-corrected chi connectivity index (χ4v) is 2.51. The minimum Gasteiger partial charge on any atom is -0.376 e. The number of carbonyl (C=O) groups is 1. The van der Waals surface area contributed by atoms with Gasteiger partial charge in [-0.05, 0) is 12.8 Å². The van der Waals surface area contributed by atoms with Gasteiger partial charge in [0.05, 0.1) is 12.1 Å². The van der Waals surface area contributed by atoms with Gasteiger partial charge in [0.2, 0.25) is 0 Å². The van der Waals surface area contributed by atoms with E-state index in [1.807, 2.05) is 0 Å². The molecule has 4 atom stereocenters. The van der Waals surface area contributed by atoms with Gasteiger partial charge in [0.15, 0.2) is 0 Å². The van der Waals surface area contributed by atoms with E-state index in [9.17, 15) is 18.0 Å². The molecule has 5 nitrogen and oxygen atoms in total. The molecule has 1 aliphatic carbocycles. The Morgan fingerprint density at radius 2 is 2.17 bits per heavy atom. The molecule has 2 fully saturated rings. The van der Waals surface area contributed by atoms with Crippen molar-refractivity contribution in [2.24, 2.45) is 11.7 Å². The summed E-state index contributed by atoms with van der Waals surface area (Å²) in [6.45, 7) is -0.744. The second kappa shape index (κ2) is 4.93. The zero-order chi connectivity index (χ0) is 13.3. The lowest BCUT2D eigenvalue weighted by atomic mass is 9.69. The Balaban J connectivity index is 1.77. The largest absolute Gasteiger partial charge is 0.405 e. The van der Waals surface area contributed by atoms with E-state index in [0.29, 0.717) is 6.61 Å². The summed E-state index contributed by atoms with van der Waals surface area (Å²) in [5.41, 5.74) is 5.86. The van der Waals surface area contributed by atoms with Crippen molar-refractivity contribution in [3.05, 3.63) is 0 Å². The maximum Gasteiger partial charge on any atom is 0.405 e. The number of urea groups is 1. The first-order valence-electron chi connectivity index (χ1n) is 5.87. The van der Waals surface area contributed by atoms with Crippen LogP contribution in [-0.2, 0) is 4.74 Å². The van der Waals surface area contributed by atoms with Gasteiger partial charge in [-0.1, -0.05) is 0 Å². The summed E-state index contributed by atoms with van der Waals surface area (Å²) in [6, 6.07) is -1.50. The predicted molar refractivity (Wildman–Crippen MR) is 56.8 cm³/mol. The van der Waals surface area contributed by atoms with Crippen molar-refractivity contribution in [2.45, 2.75) is 37.2 Å². The van der Waals surface area contributed by atoms with Crippen LogP contribution in [0.15, 0.2) is 0 Å². The molecule has 104 valence electrons. The van der Waals surface area contributed by atoms with Crippen molar-refractivity contribution in [3.8, 4) is 0 Å². The second-order valence-electron chi connectivity index (χ2n) is 4.69. The van der Waals surface area contributed by atoms with E-state index in [-0.39, 0.29) is 18.1 Å². The Morgan fingerprint density at radius 1 is 1.44 bits per heavy atom. The topological polar surface area (TPSA) is 76.4 Å². The van der Waals surface area contributed by atoms with Crippen LogP contribution in [0.1, 0.15) is 12.8 Å². The van der Waals surface area contributed by atoms with Crippen molar-refractivity contribution >= 4 is 6.03 Å². The molecule has 4 N–H and O–H groups in total. The summed E-state index contributed by atoms with van der Waals surface area (Å²) < 4.78 is 41.2. The van der Waals surface area contributed by atoms with Crippen molar-refractivity contribution in [1.29, 1.82) is 0 Å². The molecule has 0 aromatic rings. The van der Waals surface area contributed by atoms with Crippen molar-refractivity contribution < 1.29 is 22.7 Å². The molecule has 2 aliphatic rings. The van der Waals surface area contributed by atoms with E-state index < -0.39 is 24.8 Å². The summed E-state index contributed by atoms with van der Waals surface area (Å²) in [6.07, 6.45) is -2.70. The number of amides is 2. The number of nitrogens with two attached hydrogens (primary N) is 1. The van der Waals surface area contributed by atoms with Gasteiger partial charge in [-0.15, -0.1) is 0 Å². The molecule has 18 heavy (non-hydrogen) atoms. The normalized spacial score (nSPS) is 35.3. The lowest BCUT2D eigenvalue weighted by Gasteiger charge is -2.52. The zero-order valence-corrected chi connectivity index (χ0v) is 9.67. The van der Waals surface area contributed by atoms with E-state index >= 15 is 0 Å². The van der Waals surface area contributed by atoms with Crippen LogP contribution < -0.4 is 16.4 Å². The SMILES string of the molecule is NC1C2CCCOC2C1NC(=O)NCC(F)(F)F. The summed E-state index contributed by atoms with van der Waals surface area (Å²) in [7, 11) is 0. The van der Waals surface area contributed by atoms with Gasteiger partial charge in [0.25, 0.3) is 0 Å². The molecule has 1 saturated carbocycles. The standard InChI is InChI=1S/C10H16F3N3O2/c11-10(12,13)4-15-9(17)16-7-6(14)5-2-1-3-18-8(5)7/h5-8H,1-4,14H2,(H2,15,16,17). The Morgan fingerprint density at radius 3 is 2.83 bits per heavy atom. The number of halogens is 3. The molecule has 0 aromatic heterocycles. The van der Waals surface area contributed by atoms with Crippen LogP contribution in [0, 0.1) is 5.92 Å². The third kappa shape index (κ3) is 2.86. The number of alkyl halides is 3. The highest BCUT2D eigenvalue weighted by molar-refractivity contribution is 5.74. The third-order valence-electron chi connectivity index (χ3n) is 3.42. The van der Waals surface area contributed by atoms with E-state index in [1.54, 1.807) is 5.32 Å². The third-order valence-corrected chi connectivity index (χ3v) is 3.42. The monoisotopic (exact) mass is 267 g/mol. The number of nitrogens with one attached hydrogen (secondary N) is 2. The minimum atomic E-state index is -4.41. The van der Waals surface area contributed by atoms with E-state index in [4.69, 9.17) is 10.5 Å². The highest BCUT2D eigenvalue weighted by atomic mass is 19.4. The minimum absolute atomic E-state index is 0.162. The molecule has 2 amide bonds. The van der Waals surface area contributed by atoms with Crippen LogP contribution in [0.25, 0.3) is 0 Å². The highest BCUT2D eigenvalue weighted by Gasteiger charge is 2.51. The molecule has 1 aliphatic heterocycles. The number of hydrogen-bond donors (Lipinski definition) is 3. The Bertz CT molecular complexity index is 324. The van der Waals surface area contributed by atoms with Gasteiger partial charge < -0.3 is 21.1 Å². The molecular formula is C10H16F3N3O2. The average Bonchev–Trinajstić information content (AvgIpc) is 2.32. The van der Waals surface area contributed by atoms with Crippen molar-refractivity contribution in [1.82, 2.24) is 10.6 Å². The fourth-order valence-electron chi connectivity index (χ4n) is 2.51. The molecule has 4 unspecified atom stereocenters. The number of hydrogen-bond acceptors (Lipinski definition) is 3. The average molecular weight is 267 g/mol. The second-order valence-corrected chi connectivity index (χ2v) is 4.69. The zero-order valence-electron chi connectivity index (χ0n) is 9.67. The predicted octanol–water partition coefficient (Wildman–Crippen LogP) is 0.353. The quantitative estimate of drug-likeness (QED) is 0.676. The van der Waals surface area contributed by atoms with Crippen LogP contribution in [-0.4, -0.2) is 43.5 Å². The van der Waals surface area contributed by atoms with Crippen molar-refractivity contribution in [2.75, 3.05) is 13.2 Å². The Labute approximate surface area is 102 Å². The van der Waals surface area contributed by atoms with E-state index in [2.05, 4.69) is 5.32 Å². The molecule has 1 saturated heterocycles. The van der Waals surface area contributed by atoms with Gasteiger partial charge in [-0.25, -0.2) is 4.79 Å². The lowest BCUT2D eigenvalue weighted by molar-refractivity contribution is -0.124. The van der Waals surface area contributed by atoms with Crippen LogP contribution in [0.5, 0.6) is 0 Å². The summed E-state index contributed by atoms with van der Waals surface area (Å²) in [4.78, 5) is 11.3. The molecule has 1 heterocycles. The molecule has 0 radical (unpaired) electrons. The maximum absolute atomic E-state index is 11.9. The Hall–Kier alpha value is -1.02. The summed E-state index contributed by atoms with van der Waals surface area (Å²) in [5, 5.41) is 4.19. The first kappa shape index (κ1) is 13.4. The summed E-state index contributed by atoms with van der Waals surface area (Å²) >= 11 is 0. The Kier molecular flexibility index (Phi) is 3.67. The number of carbonyl (C=O) groups excluding carboxylic acids is 1. The molecule has 0 spiro atoms. The maximum atomic E-state index is 11.9. The van der Waals surface area contributed by atoms with Crippen LogP contribution in [0.4, 0.5) is 18.0 Å². The van der Waals surface area contributed by atoms with Crippen LogP contribution >= 0.6 is 0 Å². The first-order valence-corrected chi connectivity index (χ1v) is 5.87. The summed E-state index contributed by atoms with van der Waals surface area (Å²) in [5.74, 6) is 0.201. The van der Waals surface area contributed by atoms with Gasteiger partial charge in [0, 0.05) is 18.6 Å². The smallest absolute Gasteiger partial charge is 0.376 e. The number of fused-ring (bicyclic) bond motifs is 1. The fraction of sp³-hybridized carbons (Fsp3) is 0.900. The van der Waals surface area contributed by atoms with Crippen LogP contribution in [0.3, 0.4) is 0 Å². The molecule has 0 aromatic carbocycles. The molecule has 2 rings (SSSR count). The first-order chi connectivity index (χ1) is 8.38. The van der Waals surface area contributed by atoms with Gasteiger partial charge in [-0.2, -0.15) is 13.2 Å². The van der Waals surface area contributed by atoms with E-state index in [0.717, 1.165) is 12.8 Å². The number of ether oxygens (including phenoxy) is 1. The highest BCUT2D eigenvalue weighted by Crippen LogP contribution is 2.36. The lowest BCUT2D eigenvalue weighted by Crippen LogP contribution is -2.72. The van der Waals surface area contributed by atoms with Crippen LogP contribution in [0.2, 0.25) is 0 Å². The molecule has 0 bridgehead atoms. The van der Waals surface area contributed by atoms with Gasteiger partial charge >= 0.3 is 12.2 Å². The van der Waals surface area contributed by atoms with Crippen molar-refractivity contribution in [3.63, 3.8) is 0 Å². The van der Waals surface area contributed by atoms with Gasteiger partial charge in [0.1, 0.15) is 6.54 Å². The number of rotatable bonds is 2.